The molecular weight excluding hydrogens is 250 g/mol. The van der Waals surface area contributed by atoms with Gasteiger partial charge in [-0.05, 0) is 31.2 Å². The minimum Gasteiger partial charge on any atom is -0.485 e. The second-order valence-electron chi connectivity index (χ2n) is 3.89. The van der Waals surface area contributed by atoms with Crippen LogP contribution >= 0.6 is 0 Å². The largest absolute Gasteiger partial charge is 0.485 e. The molecule has 0 aliphatic heterocycles. The molecule has 0 radical (unpaired) electrons. The fraction of sp³-hybridized carbons (Fsp3) is 0.154. The first-order chi connectivity index (χ1) is 9.08. The molecule has 0 atom stereocenters. The SMILES string of the molecule is Cc1cc(OCC(=O)c2ccco2)ccc1[N+](=O)[O-]. The zero-order chi connectivity index (χ0) is 13.8. The molecule has 0 saturated heterocycles. The lowest BCUT2D eigenvalue weighted by Gasteiger charge is -2.05. The molecule has 98 valence electrons. The van der Waals surface area contributed by atoms with Gasteiger partial charge in [-0.1, -0.05) is 0 Å². The van der Waals surface area contributed by atoms with E-state index in [1.54, 1.807) is 19.1 Å². The van der Waals surface area contributed by atoms with Crippen LogP contribution in [0.1, 0.15) is 16.1 Å². The third-order valence-electron chi connectivity index (χ3n) is 2.53. The lowest BCUT2D eigenvalue weighted by atomic mass is 10.2. The number of hydrogen-bond acceptors (Lipinski definition) is 5. The first kappa shape index (κ1) is 12.8. The van der Waals surface area contributed by atoms with Crippen molar-refractivity contribution >= 4 is 11.5 Å². The van der Waals surface area contributed by atoms with Gasteiger partial charge in [-0.25, -0.2) is 0 Å². The third kappa shape index (κ3) is 2.98. The van der Waals surface area contributed by atoms with E-state index < -0.39 is 4.92 Å². The van der Waals surface area contributed by atoms with Crippen LogP contribution in [0.5, 0.6) is 5.75 Å². The Labute approximate surface area is 108 Å². The summed E-state index contributed by atoms with van der Waals surface area (Å²) in [6, 6.07) is 7.49. The van der Waals surface area contributed by atoms with Crippen LogP contribution in [0, 0.1) is 17.0 Å². The standard InChI is InChI=1S/C13H11NO5/c1-9-7-10(4-5-11(9)14(16)17)19-8-12(15)13-3-2-6-18-13/h2-7H,8H2,1H3. The van der Waals surface area contributed by atoms with Crippen LogP contribution < -0.4 is 4.74 Å². The van der Waals surface area contributed by atoms with Crippen LogP contribution in [-0.2, 0) is 0 Å². The second-order valence-corrected chi connectivity index (χ2v) is 3.89. The van der Waals surface area contributed by atoms with E-state index in [1.807, 2.05) is 0 Å². The Kier molecular flexibility index (Phi) is 3.61. The number of nitrogens with zero attached hydrogens (tertiary/aromatic N) is 1. The van der Waals surface area contributed by atoms with Crippen LogP contribution in [0.15, 0.2) is 41.0 Å². The first-order valence-electron chi connectivity index (χ1n) is 5.52. The zero-order valence-electron chi connectivity index (χ0n) is 10.2. The number of carbonyl (C=O) groups is 1. The van der Waals surface area contributed by atoms with Crippen LogP contribution in [0.2, 0.25) is 0 Å². The van der Waals surface area contributed by atoms with Crippen molar-refractivity contribution in [2.24, 2.45) is 0 Å². The van der Waals surface area contributed by atoms with E-state index in [4.69, 9.17) is 9.15 Å². The number of benzene rings is 1. The smallest absolute Gasteiger partial charge is 0.272 e. The van der Waals surface area contributed by atoms with E-state index in [9.17, 15) is 14.9 Å². The van der Waals surface area contributed by atoms with E-state index in [1.165, 1.54) is 24.5 Å². The number of carbonyl (C=O) groups excluding carboxylic acids is 1. The molecule has 19 heavy (non-hydrogen) atoms. The van der Waals surface area contributed by atoms with Crippen molar-refractivity contribution in [2.45, 2.75) is 6.92 Å². The molecule has 0 spiro atoms. The minimum absolute atomic E-state index is 0.0183. The van der Waals surface area contributed by atoms with Crippen LogP contribution in [0.4, 0.5) is 5.69 Å². The average Bonchev–Trinajstić information content (AvgIpc) is 2.89. The lowest BCUT2D eigenvalue weighted by Crippen LogP contribution is -2.10. The maximum atomic E-state index is 11.6. The molecule has 0 aliphatic carbocycles. The van der Waals surface area contributed by atoms with Gasteiger partial charge in [0.1, 0.15) is 5.75 Å². The number of rotatable bonds is 5. The van der Waals surface area contributed by atoms with Crippen LogP contribution in [0.25, 0.3) is 0 Å². The maximum Gasteiger partial charge on any atom is 0.272 e. The van der Waals surface area contributed by atoms with Gasteiger partial charge in [0, 0.05) is 11.6 Å². The summed E-state index contributed by atoms with van der Waals surface area (Å²) in [5.74, 6) is 0.336. The quantitative estimate of drug-likeness (QED) is 0.469. The molecule has 1 heterocycles. The van der Waals surface area contributed by atoms with E-state index in [0.717, 1.165) is 0 Å². The van der Waals surface area contributed by atoms with Crippen molar-refractivity contribution in [3.05, 3.63) is 58.0 Å². The van der Waals surface area contributed by atoms with Crippen molar-refractivity contribution in [3.63, 3.8) is 0 Å². The first-order valence-corrected chi connectivity index (χ1v) is 5.52. The normalized spacial score (nSPS) is 10.2. The van der Waals surface area contributed by atoms with Crippen LogP contribution in [-0.4, -0.2) is 17.3 Å². The zero-order valence-corrected chi connectivity index (χ0v) is 10.2. The second kappa shape index (κ2) is 5.34. The predicted octanol–water partition coefficient (Wildman–Crippen LogP) is 2.76. The van der Waals surface area contributed by atoms with Crippen molar-refractivity contribution in [1.29, 1.82) is 0 Å². The van der Waals surface area contributed by atoms with E-state index in [-0.39, 0.29) is 23.8 Å². The lowest BCUT2D eigenvalue weighted by molar-refractivity contribution is -0.385. The number of ether oxygens (including phenoxy) is 1. The number of furan rings is 1. The number of nitro benzene ring substituents is 1. The van der Waals surface area contributed by atoms with E-state index in [0.29, 0.717) is 11.3 Å². The summed E-state index contributed by atoms with van der Waals surface area (Å²) in [4.78, 5) is 21.8. The summed E-state index contributed by atoms with van der Waals surface area (Å²) in [7, 11) is 0. The summed E-state index contributed by atoms with van der Waals surface area (Å²) in [6.07, 6.45) is 1.41. The minimum atomic E-state index is -0.465. The van der Waals surface area contributed by atoms with Crippen molar-refractivity contribution in [1.82, 2.24) is 0 Å². The number of nitro groups is 1. The Morgan fingerprint density at radius 3 is 2.79 bits per heavy atom. The van der Waals surface area contributed by atoms with Gasteiger partial charge >= 0.3 is 0 Å². The van der Waals surface area contributed by atoms with Gasteiger partial charge in [-0.15, -0.1) is 0 Å². The molecule has 0 N–H and O–H groups in total. The summed E-state index contributed by atoms with van der Waals surface area (Å²) >= 11 is 0. The topological polar surface area (TPSA) is 82.6 Å². The number of Topliss-reactive ketones (excluding diaryl/α,β-unsaturated/α-hetero) is 1. The molecule has 0 aliphatic rings. The summed E-state index contributed by atoms with van der Waals surface area (Å²) < 4.78 is 10.2. The Bertz CT molecular complexity index is 604. The van der Waals surface area contributed by atoms with Gasteiger partial charge in [0.25, 0.3) is 5.69 Å². The fourth-order valence-electron chi connectivity index (χ4n) is 1.58. The van der Waals surface area contributed by atoms with Gasteiger partial charge in [-0.2, -0.15) is 0 Å². The predicted molar refractivity (Wildman–Crippen MR) is 66.4 cm³/mol. The van der Waals surface area contributed by atoms with Crippen molar-refractivity contribution < 1.29 is 18.9 Å². The summed E-state index contributed by atoms with van der Waals surface area (Å²) in [5, 5.41) is 10.7. The van der Waals surface area contributed by atoms with Gasteiger partial charge in [0.05, 0.1) is 11.2 Å². The Morgan fingerprint density at radius 1 is 1.42 bits per heavy atom. The maximum absolute atomic E-state index is 11.6. The van der Waals surface area contributed by atoms with Crippen LogP contribution in [0.3, 0.4) is 0 Å². The molecule has 0 fully saturated rings. The third-order valence-corrected chi connectivity index (χ3v) is 2.53. The Hall–Kier alpha value is -2.63. The summed E-state index contributed by atoms with van der Waals surface area (Å²) in [6.45, 7) is 1.43. The molecule has 0 bridgehead atoms. The van der Waals surface area contributed by atoms with Gasteiger partial charge in [0.15, 0.2) is 12.4 Å². The number of aryl methyl sites for hydroxylation is 1. The molecule has 0 saturated carbocycles. The van der Waals surface area contributed by atoms with Gasteiger partial charge in [0.2, 0.25) is 5.78 Å². The van der Waals surface area contributed by atoms with Crippen molar-refractivity contribution in [2.75, 3.05) is 6.61 Å². The van der Waals surface area contributed by atoms with E-state index in [2.05, 4.69) is 0 Å². The Morgan fingerprint density at radius 2 is 2.21 bits per heavy atom. The van der Waals surface area contributed by atoms with E-state index >= 15 is 0 Å². The Balaban J connectivity index is 2.02. The van der Waals surface area contributed by atoms with Crippen molar-refractivity contribution in [3.8, 4) is 5.75 Å². The molecular formula is C13H11NO5. The van der Waals surface area contributed by atoms with Gasteiger partial charge < -0.3 is 9.15 Å². The fourth-order valence-corrected chi connectivity index (χ4v) is 1.58. The highest BCUT2D eigenvalue weighted by Crippen LogP contribution is 2.23. The average molecular weight is 261 g/mol. The monoisotopic (exact) mass is 261 g/mol. The molecule has 0 unspecified atom stereocenters. The molecule has 1 aromatic heterocycles. The molecule has 1 aromatic carbocycles. The molecule has 6 heteroatoms. The number of hydrogen-bond donors (Lipinski definition) is 0. The highest BCUT2D eigenvalue weighted by molar-refractivity contribution is 5.94. The molecule has 2 aromatic rings. The molecule has 0 amide bonds. The van der Waals surface area contributed by atoms with Gasteiger partial charge in [-0.3, -0.25) is 14.9 Å². The molecule has 6 nitrogen and oxygen atoms in total. The summed E-state index contributed by atoms with van der Waals surface area (Å²) in [5.41, 5.74) is 0.498. The number of ketones is 1. The highest BCUT2D eigenvalue weighted by Gasteiger charge is 2.13. The molecule has 2 rings (SSSR count). The highest BCUT2D eigenvalue weighted by atomic mass is 16.6.